The number of sulfone groups is 1. The zero-order valence-corrected chi connectivity index (χ0v) is 19.2. The van der Waals surface area contributed by atoms with Gasteiger partial charge in [0.15, 0.2) is 0 Å². The molecule has 3 rings (SSSR count). The predicted octanol–water partition coefficient (Wildman–Crippen LogP) is 1.07. The molecule has 154 valence electrons. The van der Waals surface area contributed by atoms with Crippen LogP contribution in [0.15, 0.2) is 81.2 Å². The second-order valence-corrected chi connectivity index (χ2v) is 10.2. The van der Waals surface area contributed by atoms with Crippen LogP contribution in [-0.4, -0.2) is 30.2 Å². The first-order valence-corrected chi connectivity index (χ1v) is 12.8. The maximum atomic E-state index is 11.7. The van der Waals surface area contributed by atoms with Crippen LogP contribution in [0.2, 0.25) is 0 Å². The molecule has 1 heterocycles. The average Bonchev–Trinajstić information content (AvgIpc) is 2.72. The van der Waals surface area contributed by atoms with Crippen LogP contribution in [-0.2, 0) is 16.3 Å². The Morgan fingerprint density at radius 3 is 2.41 bits per heavy atom. The Balaban J connectivity index is 1.83. The van der Waals surface area contributed by atoms with Crippen molar-refractivity contribution in [2.24, 2.45) is 3.21 Å². The summed E-state index contributed by atoms with van der Waals surface area (Å²) in [5.74, 6) is 0.821. The Morgan fingerprint density at radius 1 is 1.10 bits per heavy atom. The van der Waals surface area contributed by atoms with Gasteiger partial charge in [0.25, 0.3) is 0 Å². The monoisotopic (exact) mass is 523 g/mol. The molecule has 1 aliphatic rings. The van der Waals surface area contributed by atoms with Gasteiger partial charge < -0.3 is 0 Å². The summed E-state index contributed by atoms with van der Waals surface area (Å²) in [6.45, 7) is 2.57. The van der Waals surface area contributed by atoms with Gasteiger partial charge in [-0.15, -0.1) is 0 Å². The van der Waals surface area contributed by atoms with Crippen molar-refractivity contribution in [1.82, 2.24) is 3.22 Å². The van der Waals surface area contributed by atoms with E-state index in [-0.39, 0.29) is 0 Å². The Morgan fingerprint density at radius 2 is 1.83 bits per heavy atom. The van der Waals surface area contributed by atoms with Gasteiger partial charge >= 0.3 is 183 Å². The molecule has 8 heteroatoms. The molecule has 0 N–H and O–H groups in total. The van der Waals surface area contributed by atoms with E-state index >= 15 is 0 Å². The van der Waals surface area contributed by atoms with Gasteiger partial charge in [0.2, 0.25) is 0 Å². The van der Waals surface area contributed by atoms with Crippen molar-refractivity contribution in [1.29, 1.82) is 0 Å². The molecule has 29 heavy (non-hydrogen) atoms. The summed E-state index contributed by atoms with van der Waals surface area (Å²) in [7, 11) is -3.21. The predicted molar refractivity (Wildman–Crippen MR) is 111 cm³/mol. The molecule has 0 aliphatic carbocycles. The minimum atomic E-state index is -3.21. The molecule has 2 aromatic rings. The van der Waals surface area contributed by atoms with Gasteiger partial charge in [-0.05, 0) is 0 Å². The van der Waals surface area contributed by atoms with Gasteiger partial charge in [-0.1, -0.05) is 0 Å². The van der Waals surface area contributed by atoms with Crippen LogP contribution >= 0.6 is 0 Å². The first-order valence-electron chi connectivity index (χ1n) is 9.02. The van der Waals surface area contributed by atoms with Crippen LogP contribution < -0.4 is 26.5 Å². The number of nitrogens with zero attached hydrogens (tertiary/aromatic N) is 3. The molecule has 0 spiro atoms. The number of ether oxygens (including phenoxy) is 1. The SMILES string of the molecule is CCOc1ccc(C(Cc2ccc(S(C)(=O)=O)cc2)=N[I-]N2C=CC=C[N-]2)cc1. The Kier molecular flexibility index (Phi) is 7.32. The summed E-state index contributed by atoms with van der Waals surface area (Å²) >= 11 is -0.711. The van der Waals surface area contributed by atoms with E-state index in [4.69, 9.17) is 7.94 Å². The number of allylic oxidation sites excluding steroid dienone is 2. The number of rotatable bonds is 8. The van der Waals surface area contributed by atoms with Crippen LogP contribution in [0.1, 0.15) is 18.1 Å². The Labute approximate surface area is 182 Å². The molecule has 0 saturated carbocycles. The summed E-state index contributed by atoms with van der Waals surface area (Å²) in [6.07, 6.45) is 9.28. The summed E-state index contributed by atoms with van der Waals surface area (Å²) in [5.41, 5.74) is 7.25. The third-order valence-corrected chi connectivity index (χ3v) is 6.96. The quantitative estimate of drug-likeness (QED) is 0.295. The molecule has 1 aliphatic heterocycles. The van der Waals surface area contributed by atoms with Crippen molar-refractivity contribution in [3.63, 3.8) is 0 Å². The molecule has 0 saturated heterocycles. The van der Waals surface area contributed by atoms with E-state index in [0.717, 1.165) is 22.6 Å². The van der Waals surface area contributed by atoms with Crippen LogP contribution in [0.25, 0.3) is 5.43 Å². The van der Waals surface area contributed by atoms with Gasteiger partial charge in [-0.3, -0.25) is 0 Å². The van der Waals surface area contributed by atoms with Crippen molar-refractivity contribution in [2.45, 2.75) is 18.2 Å². The van der Waals surface area contributed by atoms with Crippen molar-refractivity contribution in [3.05, 3.63) is 89.6 Å². The van der Waals surface area contributed by atoms with Crippen molar-refractivity contribution in [3.8, 4) is 5.75 Å². The van der Waals surface area contributed by atoms with Crippen molar-refractivity contribution in [2.75, 3.05) is 12.9 Å². The van der Waals surface area contributed by atoms with Gasteiger partial charge in [0.05, 0.1) is 0 Å². The van der Waals surface area contributed by atoms with E-state index in [1.165, 1.54) is 6.26 Å². The van der Waals surface area contributed by atoms with Gasteiger partial charge in [-0.2, -0.15) is 0 Å². The number of halogens is 1. The molecule has 0 radical (unpaired) electrons. The van der Waals surface area contributed by atoms with E-state index in [0.29, 0.717) is 17.9 Å². The van der Waals surface area contributed by atoms with Crippen LogP contribution in [0.4, 0.5) is 0 Å². The van der Waals surface area contributed by atoms with Gasteiger partial charge in [0, 0.05) is 0 Å². The van der Waals surface area contributed by atoms with Crippen molar-refractivity contribution < 1.29 is 34.9 Å². The van der Waals surface area contributed by atoms with Crippen molar-refractivity contribution >= 4 is 15.5 Å². The zero-order valence-electron chi connectivity index (χ0n) is 16.2. The number of benzene rings is 2. The second-order valence-electron chi connectivity index (χ2n) is 6.24. The van der Waals surface area contributed by atoms with Gasteiger partial charge in [-0.25, -0.2) is 0 Å². The van der Waals surface area contributed by atoms with E-state index < -0.39 is 31.6 Å². The first kappa shape index (κ1) is 21.4. The van der Waals surface area contributed by atoms with Crippen LogP contribution in [0.5, 0.6) is 5.75 Å². The second kappa shape index (κ2) is 9.93. The standard InChI is InChI=1S/C21H22IN3O3S/c1-3-28-19-10-8-18(9-11-19)21(24-22-25-15-5-4-14-23-25)16-17-6-12-20(13-7-17)29(2,26)27/h4-15H,3,16H2,1-2H3/q-2. The van der Waals surface area contributed by atoms with Crippen LogP contribution in [0.3, 0.4) is 0 Å². The Hall–Kier alpha value is -2.33. The summed E-state index contributed by atoms with van der Waals surface area (Å²) in [4.78, 5) is 0.317. The van der Waals surface area contributed by atoms with E-state index in [9.17, 15) is 8.42 Å². The molecular formula is C21H22IN3O3S-2. The van der Waals surface area contributed by atoms with E-state index in [2.05, 4.69) is 5.43 Å². The topological polar surface area (TPSA) is 73.1 Å². The molecule has 0 bridgehead atoms. The zero-order chi connectivity index (χ0) is 20.7. The van der Waals surface area contributed by atoms with Gasteiger partial charge in [0.1, 0.15) is 0 Å². The molecule has 0 atom stereocenters. The minimum absolute atomic E-state index is 0.317. The fraction of sp³-hybridized carbons (Fsp3) is 0.190. The molecule has 0 amide bonds. The fourth-order valence-corrected chi connectivity index (χ4v) is 4.72. The summed E-state index contributed by atoms with van der Waals surface area (Å²) in [6, 6.07) is 14.8. The normalized spacial score (nSPS) is 14.1. The number of hydrogen-bond donors (Lipinski definition) is 0. The first-order chi connectivity index (χ1) is 14.0. The maximum absolute atomic E-state index is 11.7. The molecule has 2 aromatic carbocycles. The fourth-order valence-electron chi connectivity index (χ4n) is 2.58. The van der Waals surface area contributed by atoms with Crippen LogP contribution in [0, 0.1) is 0 Å². The summed E-state index contributed by atoms with van der Waals surface area (Å²) in [5, 5.41) is 0. The van der Waals surface area contributed by atoms with E-state index in [1.54, 1.807) is 18.3 Å². The Bertz CT molecular complexity index is 1010. The molecule has 6 nitrogen and oxygen atoms in total. The third kappa shape index (κ3) is 6.33. The third-order valence-electron chi connectivity index (χ3n) is 4.02. The summed E-state index contributed by atoms with van der Waals surface area (Å²) < 4.78 is 35.6. The molecule has 0 aromatic heterocycles. The molecule has 0 fully saturated rings. The molecular weight excluding hydrogens is 501 g/mol. The average molecular weight is 523 g/mol. The number of hydrogen-bond acceptors (Lipinski definition) is 5. The van der Waals surface area contributed by atoms with E-state index in [1.807, 2.05) is 64.9 Å². The molecule has 0 unspecified atom stereocenters.